The first kappa shape index (κ1) is 17.0. The third-order valence-corrected chi connectivity index (χ3v) is 4.66. The van der Waals surface area contributed by atoms with Crippen molar-refractivity contribution < 1.29 is 9.18 Å². The van der Waals surface area contributed by atoms with Crippen LogP contribution in [0.5, 0.6) is 0 Å². The lowest BCUT2D eigenvalue weighted by molar-refractivity contribution is 0.0624. The number of amides is 1. The molecule has 1 saturated heterocycles. The van der Waals surface area contributed by atoms with Crippen molar-refractivity contribution in [3.05, 3.63) is 32.1 Å². The molecule has 0 N–H and O–H groups in total. The van der Waals surface area contributed by atoms with Gasteiger partial charge in [0.1, 0.15) is 5.82 Å². The third kappa shape index (κ3) is 4.29. The van der Waals surface area contributed by atoms with Crippen molar-refractivity contribution in [2.45, 2.75) is 13.8 Å². The maximum Gasteiger partial charge on any atom is 0.255 e. The Morgan fingerprint density at radius 3 is 2.52 bits per heavy atom. The molecule has 0 radical (unpaired) electrons. The predicted molar refractivity (Wildman–Crippen MR) is 91.3 cm³/mol. The van der Waals surface area contributed by atoms with E-state index < -0.39 is 0 Å². The third-order valence-electron chi connectivity index (χ3n) is 3.52. The molecule has 1 amide bonds. The Morgan fingerprint density at radius 1 is 1.33 bits per heavy atom. The smallest absolute Gasteiger partial charge is 0.255 e. The zero-order chi connectivity index (χ0) is 15.6. The van der Waals surface area contributed by atoms with Crippen LogP contribution in [0, 0.1) is 15.3 Å². The molecule has 0 aliphatic carbocycles. The Hall–Kier alpha value is -0.400. The van der Waals surface area contributed by atoms with Gasteiger partial charge in [0.15, 0.2) is 0 Å². The van der Waals surface area contributed by atoms with Gasteiger partial charge in [0.05, 0.1) is 10.6 Å². The molecule has 6 heteroatoms. The van der Waals surface area contributed by atoms with E-state index in [4.69, 9.17) is 11.6 Å². The van der Waals surface area contributed by atoms with Gasteiger partial charge in [-0.25, -0.2) is 4.39 Å². The zero-order valence-electron chi connectivity index (χ0n) is 12.2. The van der Waals surface area contributed by atoms with Crippen molar-refractivity contribution >= 4 is 40.1 Å². The molecule has 1 fully saturated rings. The largest absolute Gasteiger partial charge is 0.336 e. The van der Waals surface area contributed by atoms with Crippen LogP contribution in [-0.2, 0) is 0 Å². The molecule has 1 aliphatic heterocycles. The number of hydrogen-bond donors (Lipinski definition) is 0. The van der Waals surface area contributed by atoms with Gasteiger partial charge in [-0.05, 0) is 40.6 Å². The van der Waals surface area contributed by atoms with Crippen molar-refractivity contribution in [1.82, 2.24) is 9.80 Å². The van der Waals surface area contributed by atoms with E-state index in [2.05, 4.69) is 18.7 Å². The van der Waals surface area contributed by atoms with E-state index >= 15 is 0 Å². The molecule has 0 saturated carbocycles. The molecule has 0 atom stereocenters. The highest BCUT2D eigenvalue weighted by Gasteiger charge is 2.24. The maximum absolute atomic E-state index is 13.4. The Kier molecular flexibility index (Phi) is 5.85. The average Bonchev–Trinajstić information content (AvgIpc) is 2.42. The van der Waals surface area contributed by atoms with Crippen LogP contribution >= 0.6 is 34.2 Å². The molecule has 0 unspecified atom stereocenters. The van der Waals surface area contributed by atoms with E-state index in [9.17, 15) is 9.18 Å². The van der Waals surface area contributed by atoms with Crippen LogP contribution in [0.2, 0.25) is 5.02 Å². The van der Waals surface area contributed by atoms with Gasteiger partial charge in [-0.1, -0.05) is 25.4 Å². The lowest BCUT2D eigenvalue weighted by Crippen LogP contribution is -2.49. The number of hydrogen-bond acceptors (Lipinski definition) is 2. The summed E-state index contributed by atoms with van der Waals surface area (Å²) in [5.41, 5.74) is 0.389. The molecule has 1 aromatic carbocycles. The fourth-order valence-electron chi connectivity index (χ4n) is 2.51. The Bertz CT molecular complexity index is 531. The standard InChI is InChI=1S/C15H19ClFIN2O/c1-10(2)9-19-3-5-20(6-4-19)15(21)11-7-14(18)13(17)8-12(11)16/h7-8,10H,3-6,9H2,1-2H3. The first-order chi connectivity index (χ1) is 9.88. The van der Waals surface area contributed by atoms with E-state index in [1.54, 1.807) is 4.90 Å². The predicted octanol–water partition coefficient (Wildman–Crippen LogP) is 3.50. The fraction of sp³-hybridized carbons (Fsp3) is 0.533. The van der Waals surface area contributed by atoms with Gasteiger partial charge in [-0.15, -0.1) is 0 Å². The summed E-state index contributed by atoms with van der Waals surface area (Å²) in [7, 11) is 0. The Morgan fingerprint density at radius 2 is 1.95 bits per heavy atom. The average molecular weight is 425 g/mol. The molecule has 3 nitrogen and oxygen atoms in total. The maximum atomic E-state index is 13.4. The number of rotatable bonds is 3. The summed E-state index contributed by atoms with van der Waals surface area (Å²) in [5, 5.41) is 0.183. The zero-order valence-corrected chi connectivity index (χ0v) is 15.1. The number of piperazine rings is 1. The monoisotopic (exact) mass is 424 g/mol. The van der Waals surface area contributed by atoms with Crippen molar-refractivity contribution in [3.63, 3.8) is 0 Å². The molecule has 2 rings (SSSR count). The van der Waals surface area contributed by atoms with E-state index in [1.165, 1.54) is 12.1 Å². The van der Waals surface area contributed by atoms with E-state index in [0.29, 0.717) is 28.1 Å². The SMILES string of the molecule is CC(C)CN1CCN(C(=O)c2cc(I)c(F)cc2Cl)CC1. The van der Waals surface area contributed by atoms with E-state index in [1.807, 2.05) is 22.6 Å². The Balaban J connectivity index is 2.04. The molecular formula is C15H19ClFIN2O. The molecule has 0 spiro atoms. The quantitative estimate of drug-likeness (QED) is 0.548. The lowest BCUT2D eigenvalue weighted by atomic mass is 10.1. The van der Waals surface area contributed by atoms with Gasteiger partial charge in [0.2, 0.25) is 0 Å². The summed E-state index contributed by atoms with van der Waals surface area (Å²) in [4.78, 5) is 16.7. The summed E-state index contributed by atoms with van der Waals surface area (Å²) >= 11 is 7.89. The van der Waals surface area contributed by atoms with Gasteiger partial charge >= 0.3 is 0 Å². The van der Waals surface area contributed by atoms with Crippen LogP contribution in [0.1, 0.15) is 24.2 Å². The summed E-state index contributed by atoms with van der Waals surface area (Å²) in [6.45, 7) is 8.57. The second-order valence-electron chi connectivity index (χ2n) is 5.73. The second kappa shape index (κ2) is 7.24. The number of carbonyl (C=O) groups is 1. The molecule has 0 bridgehead atoms. The lowest BCUT2D eigenvalue weighted by Gasteiger charge is -2.35. The normalized spacial score (nSPS) is 16.6. The molecule has 116 valence electrons. The summed E-state index contributed by atoms with van der Waals surface area (Å²) in [5.74, 6) is 0.126. The van der Waals surface area contributed by atoms with E-state index in [0.717, 1.165) is 19.6 Å². The van der Waals surface area contributed by atoms with Crippen molar-refractivity contribution in [1.29, 1.82) is 0 Å². The van der Waals surface area contributed by atoms with Crippen LogP contribution in [0.15, 0.2) is 12.1 Å². The fourth-order valence-corrected chi connectivity index (χ4v) is 3.21. The van der Waals surface area contributed by atoms with Gasteiger partial charge < -0.3 is 4.90 Å². The number of benzene rings is 1. The van der Waals surface area contributed by atoms with Gasteiger partial charge in [0.25, 0.3) is 5.91 Å². The molecule has 1 aliphatic rings. The Labute approximate surface area is 143 Å². The topological polar surface area (TPSA) is 23.6 Å². The molecule has 1 aromatic rings. The highest BCUT2D eigenvalue weighted by atomic mass is 127. The minimum absolute atomic E-state index is 0.109. The summed E-state index contributed by atoms with van der Waals surface area (Å²) < 4.78 is 13.8. The molecular weight excluding hydrogens is 406 g/mol. The molecule has 1 heterocycles. The van der Waals surface area contributed by atoms with Gasteiger partial charge in [-0.3, -0.25) is 9.69 Å². The van der Waals surface area contributed by atoms with Crippen LogP contribution in [0.4, 0.5) is 4.39 Å². The minimum atomic E-state index is -0.390. The summed E-state index contributed by atoms with van der Waals surface area (Å²) in [6, 6.07) is 2.74. The second-order valence-corrected chi connectivity index (χ2v) is 7.30. The highest BCUT2D eigenvalue weighted by Crippen LogP contribution is 2.24. The van der Waals surface area contributed by atoms with Crippen LogP contribution in [-0.4, -0.2) is 48.4 Å². The number of nitrogens with zero attached hydrogens (tertiary/aromatic N) is 2. The first-order valence-corrected chi connectivity index (χ1v) is 8.50. The van der Waals surface area contributed by atoms with Crippen molar-refractivity contribution in [2.75, 3.05) is 32.7 Å². The van der Waals surface area contributed by atoms with Crippen LogP contribution in [0.25, 0.3) is 0 Å². The number of halogens is 3. The van der Waals surface area contributed by atoms with Crippen molar-refractivity contribution in [2.24, 2.45) is 5.92 Å². The molecule has 21 heavy (non-hydrogen) atoms. The number of carbonyl (C=O) groups excluding carboxylic acids is 1. The van der Waals surface area contributed by atoms with E-state index in [-0.39, 0.29) is 16.7 Å². The van der Waals surface area contributed by atoms with Gasteiger partial charge in [0, 0.05) is 36.3 Å². The summed E-state index contributed by atoms with van der Waals surface area (Å²) in [6.07, 6.45) is 0. The first-order valence-electron chi connectivity index (χ1n) is 7.04. The minimum Gasteiger partial charge on any atom is -0.336 e. The molecule has 0 aromatic heterocycles. The van der Waals surface area contributed by atoms with Crippen molar-refractivity contribution in [3.8, 4) is 0 Å². The highest BCUT2D eigenvalue weighted by molar-refractivity contribution is 14.1. The van der Waals surface area contributed by atoms with Crippen LogP contribution in [0.3, 0.4) is 0 Å². The van der Waals surface area contributed by atoms with Crippen LogP contribution < -0.4 is 0 Å². The van der Waals surface area contributed by atoms with Gasteiger partial charge in [-0.2, -0.15) is 0 Å².